The van der Waals surface area contributed by atoms with Gasteiger partial charge in [-0.05, 0) is 289 Å². The van der Waals surface area contributed by atoms with Crippen molar-refractivity contribution in [3.8, 4) is 17.6 Å². The van der Waals surface area contributed by atoms with Crippen LogP contribution in [0.4, 0.5) is 49.1 Å². The zero-order valence-electron chi connectivity index (χ0n) is 83.5. The summed E-state index contributed by atoms with van der Waals surface area (Å²) in [5, 5.41) is 55.7. The molecule has 13 rings (SSSR count). The summed E-state index contributed by atoms with van der Waals surface area (Å²) in [6.45, 7) is 17.2. The third-order valence-corrected chi connectivity index (χ3v) is 26.1. The Morgan fingerprint density at radius 2 is 0.933 bits per heavy atom. The number of nitrogens with zero attached hydrogens (tertiary/aromatic N) is 2. The van der Waals surface area contributed by atoms with Gasteiger partial charge in [-0.3, -0.25) is 44.2 Å². The Balaban J connectivity index is 0.000000207. The van der Waals surface area contributed by atoms with Crippen LogP contribution in [0.5, 0.6) is 5.75 Å². The van der Waals surface area contributed by atoms with Crippen molar-refractivity contribution in [2.24, 2.45) is 27.5 Å². The number of furan rings is 4. The highest BCUT2D eigenvalue weighted by Crippen LogP contribution is 2.41. The molecule has 0 aliphatic heterocycles. The number of amidine groups is 3. The molecule has 0 aliphatic carbocycles. The van der Waals surface area contributed by atoms with Gasteiger partial charge >= 0.3 is 18.3 Å². The first kappa shape index (κ1) is 116. The number of aliphatic hydroxyl groups is 1. The minimum Gasteiger partial charge on any atom is -0.490 e. The Hall–Kier alpha value is -15.6. The molecule has 1 unspecified atom stereocenters. The molecule has 150 heavy (non-hydrogen) atoms. The van der Waals surface area contributed by atoms with Gasteiger partial charge in [-0.2, -0.15) is 34.8 Å². The molecule has 0 saturated carbocycles. The SMILES string of the molecule is CC#Cc1cc([C@@H](Nc2ccc(C(C)=N)cc2)C(=O)NS(C)(=O)=O)cc2cc(CCO)oc12.CCCCS(=O)(=O)NC(=O)[C@H](Nc1ccc(C(=N)N)cc1)c1cc(OCC)c2oc(CN(C)C)cc2c1.CCCc1cc2cc([C@@H](Nc3ccc(C(=N)N)cc3)C(=O)NS(=O)(=O)CC)cc(CC)c2o1.CCc1cc(C(Nc2ccc(C(N)=NOC(=O)c3cc(C(F)(F)F)cc(C(F)(F)F)c3)cc2)C(=O)NS(N)(=O)=O)cc2c(C)coc12. The molecule has 4 aromatic heterocycles. The number of oxime groups is 1. The van der Waals surface area contributed by atoms with Crippen molar-refractivity contribution >= 4 is 160 Å². The number of carbonyl (C=O) groups is 5. The number of sulfonamides is 3. The highest BCUT2D eigenvalue weighted by atomic mass is 32.2. The number of ether oxygens (including phenoxy) is 1. The molecule has 798 valence electrons. The van der Waals surface area contributed by atoms with E-state index in [4.69, 9.17) is 61.0 Å². The average molecular weight is 2150 g/mol. The number of unbranched alkanes of at least 4 members (excludes halogenated alkanes) is 1. The number of carbonyl (C=O) groups excluding carboxylic acids is 5. The average Bonchev–Trinajstić information content (AvgIpc) is 1.63. The number of hydrogen-bond donors (Lipinski definition) is 16. The number of halogens is 6. The van der Waals surface area contributed by atoms with Gasteiger partial charge in [-0.15, -0.1) is 5.92 Å². The molecule has 37 nitrogen and oxygen atoms in total. The van der Waals surface area contributed by atoms with Gasteiger partial charge in [0, 0.05) is 79.5 Å². The maximum absolute atomic E-state index is 13.4. The Bertz CT molecular complexity index is 7730. The van der Waals surface area contributed by atoms with E-state index in [-0.39, 0.29) is 59.2 Å². The van der Waals surface area contributed by atoms with Gasteiger partial charge in [0.2, 0.25) is 30.1 Å². The van der Waals surface area contributed by atoms with Gasteiger partial charge in [0.25, 0.3) is 33.8 Å². The standard InChI is InChI=1S/C29H25F6N5O6S.C26H35N5O5S.C24H30N4O4S.C24H25N3O5S/c1-3-15-8-17(11-22-14(2)13-45-24(15)22)23(26(41)40-47(37,43)44)38-21-6-4-16(5-7-21)25(36)39-46-27(42)18-9-19(28(30,31)32)12-20(10-18)29(33,34)35;1-5-7-12-37(33,34)30-26(32)23(29-20-10-8-17(9-11-20)25(27)28)18-13-19-14-21(16-31(3)4)36-24(19)22(15-18)35-6-2;1-4-7-20-14-18-13-17(12-15(5-2)22(18)32-20)21(24(29)28-33(30,31)6-3)27-19-10-8-16(9-11-19)23(25)26;1-4-5-17-12-18(13-19-14-21(10-11-28)32-23(17)19)22(24(29)27-33(3,30)31)26-20-8-6-16(7-9-20)15(2)25/h4-13,23,38H,3H2,1-2H3,(H2,36,39)(H,40,41)(H2,37,43,44);8-11,13-15,23,29H,5-7,12,16H2,1-4H3,(H3,27,28)(H,30,32);8-14,21,27H,4-7H2,1-3H3,(H3,25,26)(H,28,29);6-9,12-14,22,25-26,28H,10-11H2,1-3H3,(H,27,29)/t;23-;21-;22-/m.111/s1. The summed E-state index contributed by atoms with van der Waals surface area (Å²) in [5.41, 5.74) is 24.1. The van der Waals surface area contributed by atoms with Gasteiger partial charge in [0.1, 0.15) is 69.9 Å². The fraction of sp³-hybridized carbons (Fsp3) is 0.291. The fourth-order valence-electron chi connectivity index (χ4n) is 15.3. The molecule has 0 aliphatic rings. The number of aliphatic hydroxyl groups excluding tert-OH is 1. The minimum absolute atomic E-state index is 0.0641. The summed E-state index contributed by atoms with van der Waals surface area (Å²) in [5.74, 6) is 2.66. The Kier molecular flexibility index (Phi) is 39.1. The number of aryl methyl sites for hydroxylation is 4. The normalized spacial score (nSPS) is 12.6. The van der Waals surface area contributed by atoms with E-state index in [0.717, 1.165) is 69.2 Å². The summed E-state index contributed by atoms with van der Waals surface area (Å²) in [6, 6.07) is 41.2. The number of amides is 4. The van der Waals surface area contributed by atoms with Crippen LogP contribution in [0.1, 0.15) is 204 Å². The molecule has 4 atom stereocenters. The van der Waals surface area contributed by atoms with E-state index in [9.17, 15) is 89.1 Å². The predicted molar refractivity (Wildman–Crippen MR) is 561 cm³/mol. The number of rotatable bonds is 40. The Morgan fingerprint density at radius 1 is 0.507 bits per heavy atom. The molecular formula is C103H115F6N17O20S4. The zero-order valence-corrected chi connectivity index (χ0v) is 86.8. The van der Waals surface area contributed by atoms with Crippen molar-refractivity contribution in [3.05, 3.63) is 289 Å². The minimum atomic E-state index is -5.18. The molecule has 9 aromatic carbocycles. The number of nitrogens with two attached hydrogens (primary N) is 4. The smallest absolute Gasteiger partial charge is 0.416 e. The number of hydrogen-bond acceptors (Lipinski definition) is 29. The van der Waals surface area contributed by atoms with E-state index < -0.39 is 129 Å². The van der Waals surface area contributed by atoms with Crippen LogP contribution >= 0.6 is 0 Å². The molecule has 13 aromatic rings. The summed E-state index contributed by atoms with van der Waals surface area (Å²) < 4.78 is 212. The quantitative estimate of drug-likeness (QED) is 0.00423. The van der Waals surface area contributed by atoms with E-state index in [1.54, 1.807) is 147 Å². The topological polar surface area (TPSA) is 601 Å². The molecule has 0 bridgehead atoms. The van der Waals surface area contributed by atoms with Crippen molar-refractivity contribution in [3.63, 3.8) is 0 Å². The number of nitrogens with one attached hydrogen (secondary N) is 11. The van der Waals surface area contributed by atoms with Crippen molar-refractivity contribution < 1.29 is 116 Å². The zero-order chi connectivity index (χ0) is 110. The summed E-state index contributed by atoms with van der Waals surface area (Å²) in [6.07, 6.45) is -3.48. The second kappa shape index (κ2) is 50.4. The highest BCUT2D eigenvalue weighted by molar-refractivity contribution is 7.90. The van der Waals surface area contributed by atoms with E-state index in [0.29, 0.717) is 146 Å². The monoisotopic (exact) mass is 2150 g/mol. The highest BCUT2D eigenvalue weighted by Gasteiger charge is 2.39. The largest absolute Gasteiger partial charge is 0.490 e. The first-order valence-corrected chi connectivity index (χ1v) is 53.3. The van der Waals surface area contributed by atoms with Crippen molar-refractivity contribution in [1.82, 2.24) is 23.8 Å². The van der Waals surface area contributed by atoms with E-state index in [2.05, 4.69) is 59.5 Å². The van der Waals surface area contributed by atoms with Gasteiger partial charge < -0.3 is 81.1 Å². The molecule has 4 heterocycles. The predicted octanol–water partition coefficient (Wildman–Crippen LogP) is 15.7. The molecule has 0 spiro atoms. The van der Waals surface area contributed by atoms with Gasteiger partial charge in [0.05, 0.1) is 66.0 Å². The van der Waals surface area contributed by atoms with Crippen LogP contribution in [0, 0.1) is 35.0 Å². The number of fused-ring (bicyclic) bond motifs is 4. The van der Waals surface area contributed by atoms with Gasteiger partial charge in [-0.25, -0.2) is 39.9 Å². The molecular weight excluding hydrogens is 2040 g/mol. The number of nitrogen functional groups attached to an aromatic ring is 2. The van der Waals surface area contributed by atoms with Crippen LogP contribution in [0.15, 0.2) is 211 Å². The maximum atomic E-state index is 13.4. The van der Waals surface area contributed by atoms with Crippen LogP contribution in [-0.4, -0.2) is 142 Å². The van der Waals surface area contributed by atoms with Crippen LogP contribution in [0.3, 0.4) is 0 Å². The third kappa shape index (κ3) is 32.2. The van der Waals surface area contributed by atoms with Crippen LogP contribution in [0.2, 0.25) is 0 Å². The molecule has 0 fully saturated rings. The first-order chi connectivity index (χ1) is 70.6. The summed E-state index contributed by atoms with van der Waals surface area (Å²) >= 11 is 0. The van der Waals surface area contributed by atoms with Crippen molar-refractivity contribution in [2.75, 3.05) is 66.3 Å². The number of benzene rings is 9. The van der Waals surface area contributed by atoms with E-state index in [1.807, 2.05) is 75.7 Å². The molecule has 0 saturated heterocycles. The van der Waals surface area contributed by atoms with Crippen LogP contribution in [-0.2, 0) is 109 Å². The molecule has 4 amide bonds. The van der Waals surface area contributed by atoms with Crippen molar-refractivity contribution in [1.29, 1.82) is 16.2 Å². The Labute approximate surface area is 861 Å². The summed E-state index contributed by atoms with van der Waals surface area (Å²) in [7, 11) is -11.9. The number of anilines is 4. The second-order valence-corrected chi connectivity index (χ2v) is 41.5. The van der Waals surface area contributed by atoms with Gasteiger partial charge in [0.15, 0.2) is 17.2 Å². The lowest BCUT2D eigenvalue weighted by atomic mass is 9.98. The Morgan fingerprint density at radius 3 is 1.37 bits per heavy atom. The van der Waals surface area contributed by atoms with Gasteiger partial charge in [-0.1, -0.05) is 57.3 Å². The third-order valence-electron chi connectivity index (χ3n) is 22.5. The fourth-order valence-corrected chi connectivity index (χ4v) is 17.9. The van der Waals surface area contributed by atoms with Crippen molar-refractivity contribution in [2.45, 2.75) is 150 Å². The summed E-state index contributed by atoms with van der Waals surface area (Å²) in [4.78, 5) is 71.3. The lowest BCUT2D eigenvalue weighted by Crippen LogP contribution is -2.41. The van der Waals surface area contributed by atoms with E-state index >= 15 is 0 Å². The number of alkyl halides is 6. The second-order valence-electron chi connectivity index (χ2n) is 34.6. The van der Waals surface area contributed by atoms with E-state index in [1.165, 1.54) is 31.2 Å². The molecule has 47 heteroatoms. The van der Waals surface area contributed by atoms with Crippen LogP contribution in [0.25, 0.3) is 43.9 Å². The lowest BCUT2D eigenvalue weighted by Gasteiger charge is -2.21. The first-order valence-electron chi connectivity index (χ1n) is 46.6. The van der Waals surface area contributed by atoms with Crippen LogP contribution < -0.4 is 67.2 Å². The lowest BCUT2D eigenvalue weighted by molar-refractivity contribution is -0.143. The maximum Gasteiger partial charge on any atom is 0.416 e. The molecule has 20 N–H and O–H groups in total. The molecule has 0 radical (unpaired) electrons.